The first-order valence-electron chi connectivity index (χ1n) is 4.56. The van der Waals surface area contributed by atoms with Crippen molar-refractivity contribution >= 4 is 0 Å². The Morgan fingerprint density at radius 3 is 2.36 bits per heavy atom. The molecular weight excluding hydrogens is 181 g/mol. The van der Waals surface area contributed by atoms with E-state index in [1.165, 1.54) is 12.1 Å². The van der Waals surface area contributed by atoms with Crippen LogP contribution in [0, 0.1) is 11.2 Å². The molecule has 14 heavy (non-hydrogen) atoms. The van der Waals surface area contributed by atoms with Crippen molar-refractivity contribution in [1.82, 2.24) is 0 Å². The molecule has 0 saturated carbocycles. The minimum atomic E-state index is -0.452. The van der Waals surface area contributed by atoms with Gasteiger partial charge in [-0.1, -0.05) is 26.8 Å². The fourth-order valence-corrected chi connectivity index (χ4v) is 1.25. The lowest BCUT2D eigenvalue weighted by Crippen LogP contribution is -2.26. The number of halogens is 1. The van der Waals surface area contributed by atoms with Gasteiger partial charge in [-0.25, -0.2) is 4.39 Å². The molecule has 0 aliphatic heterocycles. The zero-order chi connectivity index (χ0) is 10.9. The van der Waals surface area contributed by atoms with Crippen molar-refractivity contribution in [3.05, 3.63) is 29.6 Å². The van der Waals surface area contributed by atoms with Crippen LogP contribution in [0.2, 0.25) is 0 Å². The quantitative estimate of drug-likeness (QED) is 0.726. The van der Waals surface area contributed by atoms with Gasteiger partial charge in [0, 0.05) is 17.7 Å². The van der Waals surface area contributed by atoms with Crippen LogP contribution in [0.1, 0.15) is 32.4 Å². The van der Waals surface area contributed by atoms with Crippen LogP contribution >= 0.6 is 0 Å². The van der Waals surface area contributed by atoms with Crippen LogP contribution in [0.4, 0.5) is 4.39 Å². The van der Waals surface area contributed by atoms with Gasteiger partial charge in [-0.15, -0.1) is 0 Å². The van der Waals surface area contributed by atoms with Crippen LogP contribution in [0.25, 0.3) is 0 Å². The smallest absolute Gasteiger partial charge is 0.126 e. The Labute approximate surface area is 83.6 Å². The van der Waals surface area contributed by atoms with E-state index in [0.29, 0.717) is 5.56 Å². The monoisotopic (exact) mass is 197 g/mol. The molecular formula is C11H16FNO. The third-order valence-corrected chi connectivity index (χ3v) is 2.26. The second kappa shape index (κ2) is 3.58. The van der Waals surface area contributed by atoms with E-state index in [4.69, 9.17) is 5.73 Å². The van der Waals surface area contributed by atoms with Gasteiger partial charge in [-0.2, -0.15) is 0 Å². The van der Waals surface area contributed by atoms with Gasteiger partial charge in [-0.05, 0) is 11.5 Å². The summed E-state index contributed by atoms with van der Waals surface area (Å²) in [6, 6.07) is 3.62. The summed E-state index contributed by atoms with van der Waals surface area (Å²) in [5.74, 6) is -0.528. The van der Waals surface area contributed by atoms with Crippen LogP contribution in [-0.2, 0) is 0 Å². The molecule has 1 aromatic carbocycles. The standard InChI is InChI=1S/C11H16FNO/c1-11(2,3)10(13)8-5-4-7(12)6-9(8)14/h4-6,10,14H,13H2,1-3H3/t10-/m1/s1. The summed E-state index contributed by atoms with van der Waals surface area (Å²) in [6.45, 7) is 5.92. The van der Waals surface area contributed by atoms with Gasteiger partial charge in [-0.3, -0.25) is 0 Å². The lowest BCUT2D eigenvalue weighted by atomic mass is 9.83. The maximum absolute atomic E-state index is 12.7. The Morgan fingerprint density at radius 1 is 1.36 bits per heavy atom. The van der Waals surface area contributed by atoms with E-state index in [1.54, 1.807) is 0 Å². The number of hydrogen-bond acceptors (Lipinski definition) is 2. The van der Waals surface area contributed by atoms with Crippen molar-refractivity contribution in [2.75, 3.05) is 0 Å². The average molecular weight is 197 g/mol. The lowest BCUT2D eigenvalue weighted by molar-refractivity contribution is 0.317. The van der Waals surface area contributed by atoms with Crippen molar-refractivity contribution < 1.29 is 9.50 Å². The Bertz CT molecular complexity index is 331. The number of phenols is 1. The number of aromatic hydroxyl groups is 1. The van der Waals surface area contributed by atoms with Gasteiger partial charge in [0.05, 0.1) is 0 Å². The van der Waals surface area contributed by atoms with Crippen molar-refractivity contribution in [3.63, 3.8) is 0 Å². The first-order chi connectivity index (χ1) is 6.32. The summed E-state index contributed by atoms with van der Waals surface area (Å²) < 4.78 is 12.7. The molecule has 0 radical (unpaired) electrons. The SMILES string of the molecule is CC(C)(C)[C@H](N)c1ccc(F)cc1O. The summed E-state index contributed by atoms with van der Waals surface area (Å²) in [6.07, 6.45) is 0. The molecule has 0 saturated heterocycles. The second-order valence-electron chi connectivity index (χ2n) is 4.55. The van der Waals surface area contributed by atoms with Gasteiger partial charge in [0.15, 0.2) is 0 Å². The molecule has 0 amide bonds. The van der Waals surface area contributed by atoms with E-state index in [-0.39, 0.29) is 17.2 Å². The highest BCUT2D eigenvalue weighted by Gasteiger charge is 2.24. The van der Waals surface area contributed by atoms with Gasteiger partial charge in [0.1, 0.15) is 11.6 Å². The van der Waals surface area contributed by atoms with Crippen molar-refractivity contribution in [3.8, 4) is 5.75 Å². The third kappa shape index (κ3) is 2.23. The highest BCUT2D eigenvalue weighted by molar-refractivity contribution is 5.35. The maximum Gasteiger partial charge on any atom is 0.126 e. The van der Waals surface area contributed by atoms with Gasteiger partial charge >= 0.3 is 0 Å². The predicted octanol–water partition coefficient (Wildman–Crippen LogP) is 2.58. The first kappa shape index (κ1) is 11.0. The molecule has 0 aliphatic carbocycles. The Kier molecular flexibility index (Phi) is 2.81. The van der Waals surface area contributed by atoms with Crippen LogP contribution in [-0.4, -0.2) is 5.11 Å². The van der Waals surface area contributed by atoms with E-state index >= 15 is 0 Å². The molecule has 3 N–H and O–H groups in total. The summed E-state index contributed by atoms with van der Waals surface area (Å²) in [4.78, 5) is 0. The predicted molar refractivity (Wildman–Crippen MR) is 54.4 cm³/mol. The van der Waals surface area contributed by atoms with Crippen LogP contribution in [0.15, 0.2) is 18.2 Å². The van der Waals surface area contributed by atoms with E-state index in [0.717, 1.165) is 6.07 Å². The third-order valence-electron chi connectivity index (χ3n) is 2.26. The Balaban J connectivity index is 3.08. The largest absolute Gasteiger partial charge is 0.508 e. The highest BCUT2D eigenvalue weighted by atomic mass is 19.1. The minimum absolute atomic E-state index is 0.0765. The fraction of sp³-hybridized carbons (Fsp3) is 0.455. The number of benzene rings is 1. The first-order valence-corrected chi connectivity index (χ1v) is 4.56. The molecule has 0 spiro atoms. The molecule has 78 valence electrons. The summed E-state index contributed by atoms with van der Waals surface area (Å²) in [5, 5.41) is 9.51. The maximum atomic E-state index is 12.7. The van der Waals surface area contributed by atoms with Crippen molar-refractivity contribution in [2.45, 2.75) is 26.8 Å². The molecule has 0 aliphatic rings. The van der Waals surface area contributed by atoms with Crippen molar-refractivity contribution in [1.29, 1.82) is 0 Å². The van der Waals surface area contributed by atoms with Gasteiger partial charge < -0.3 is 10.8 Å². The van der Waals surface area contributed by atoms with Crippen molar-refractivity contribution in [2.24, 2.45) is 11.1 Å². The average Bonchev–Trinajstić information content (AvgIpc) is 2.01. The molecule has 3 heteroatoms. The number of rotatable bonds is 1. The zero-order valence-electron chi connectivity index (χ0n) is 8.71. The molecule has 2 nitrogen and oxygen atoms in total. The molecule has 1 atom stereocenters. The number of phenolic OH excluding ortho intramolecular Hbond substituents is 1. The van der Waals surface area contributed by atoms with E-state index in [2.05, 4.69) is 0 Å². The molecule has 0 bridgehead atoms. The number of hydrogen-bond donors (Lipinski definition) is 2. The van der Waals surface area contributed by atoms with Gasteiger partial charge in [0.25, 0.3) is 0 Å². The van der Waals surface area contributed by atoms with Crippen LogP contribution in [0.5, 0.6) is 5.75 Å². The normalized spacial score (nSPS) is 14.1. The molecule has 1 aromatic rings. The topological polar surface area (TPSA) is 46.2 Å². The van der Waals surface area contributed by atoms with E-state index in [1.807, 2.05) is 20.8 Å². The molecule has 0 unspecified atom stereocenters. The zero-order valence-corrected chi connectivity index (χ0v) is 8.71. The highest BCUT2D eigenvalue weighted by Crippen LogP contribution is 2.35. The van der Waals surface area contributed by atoms with Crippen LogP contribution in [0.3, 0.4) is 0 Å². The van der Waals surface area contributed by atoms with E-state index in [9.17, 15) is 9.50 Å². The molecule has 0 heterocycles. The summed E-state index contributed by atoms with van der Waals surface area (Å²) in [7, 11) is 0. The van der Waals surface area contributed by atoms with E-state index < -0.39 is 5.82 Å². The summed E-state index contributed by atoms with van der Waals surface area (Å²) in [5.41, 5.74) is 6.37. The minimum Gasteiger partial charge on any atom is -0.508 e. The molecule has 1 rings (SSSR count). The summed E-state index contributed by atoms with van der Waals surface area (Å²) >= 11 is 0. The Morgan fingerprint density at radius 2 is 1.93 bits per heavy atom. The van der Waals surface area contributed by atoms with Crippen LogP contribution < -0.4 is 5.73 Å². The Hall–Kier alpha value is -1.09. The second-order valence-corrected chi connectivity index (χ2v) is 4.55. The number of nitrogens with two attached hydrogens (primary N) is 1. The fourth-order valence-electron chi connectivity index (χ4n) is 1.25. The molecule has 0 aromatic heterocycles. The lowest BCUT2D eigenvalue weighted by Gasteiger charge is -2.27. The van der Waals surface area contributed by atoms with Gasteiger partial charge in [0.2, 0.25) is 0 Å². The molecule has 0 fully saturated rings.